The van der Waals surface area contributed by atoms with Crippen molar-refractivity contribution in [3.05, 3.63) is 29.8 Å². The van der Waals surface area contributed by atoms with Crippen LogP contribution in [0.15, 0.2) is 29.3 Å². The van der Waals surface area contributed by atoms with Crippen LogP contribution in [0.2, 0.25) is 0 Å². The van der Waals surface area contributed by atoms with Crippen molar-refractivity contribution in [3.8, 4) is 0 Å². The van der Waals surface area contributed by atoms with Crippen molar-refractivity contribution >= 4 is 33.3 Å². The monoisotopic (exact) mass is 335 g/mol. The van der Waals surface area contributed by atoms with Gasteiger partial charge in [-0.15, -0.1) is 0 Å². The van der Waals surface area contributed by atoms with E-state index in [1.54, 1.807) is 0 Å². The Morgan fingerprint density at radius 3 is 2.80 bits per heavy atom. The highest BCUT2D eigenvalue weighted by atomic mass is 79.9. The average Bonchev–Trinajstić information content (AvgIpc) is 2.78. The lowest BCUT2D eigenvalue weighted by atomic mass is 9.54. The van der Waals surface area contributed by atoms with Crippen LogP contribution in [0.5, 0.6) is 0 Å². The number of nitrogens with zero attached hydrogens (tertiary/aromatic N) is 1. The number of fused-ring (bicyclic) bond motifs is 3. The molecule has 4 heteroatoms. The van der Waals surface area contributed by atoms with Crippen LogP contribution in [0, 0.1) is 5.41 Å². The summed E-state index contributed by atoms with van der Waals surface area (Å²) in [6.45, 7) is 4.25. The van der Waals surface area contributed by atoms with E-state index in [0.29, 0.717) is 0 Å². The highest BCUT2D eigenvalue weighted by Crippen LogP contribution is 2.58. The van der Waals surface area contributed by atoms with Crippen molar-refractivity contribution in [3.63, 3.8) is 0 Å². The van der Waals surface area contributed by atoms with Crippen LogP contribution in [0.25, 0.3) is 0 Å². The molecule has 0 radical (unpaired) electrons. The molecule has 1 aromatic carbocycles. The van der Waals surface area contributed by atoms with Gasteiger partial charge < -0.3 is 4.74 Å². The van der Waals surface area contributed by atoms with Gasteiger partial charge in [-0.25, -0.2) is 0 Å². The minimum Gasteiger partial charge on any atom is -0.468 e. The number of methoxy groups -OCH3 is 1. The van der Waals surface area contributed by atoms with Crippen LogP contribution in [0.1, 0.15) is 32.3 Å². The van der Waals surface area contributed by atoms with Crippen LogP contribution in [0.4, 0.5) is 5.69 Å². The van der Waals surface area contributed by atoms with Gasteiger partial charge >= 0.3 is 5.97 Å². The van der Waals surface area contributed by atoms with Gasteiger partial charge in [-0.3, -0.25) is 9.79 Å². The van der Waals surface area contributed by atoms with Crippen molar-refractivity contribution in [2.45, 2.75) is 36.9 Å². The summed E-state index contributed by atoms with van der Waals surface area (Å²) < 4.78 is 5.19. The van der Waals surface area contributed by atoms with E-state index in [0.717, 1.165) is 29.8 Å². The van der Waals surface area contributed by atoms with Crippen LogP contribution in [0.3, 0.4) is 0 Å². The number of rotatable bonds is 1. The van der Waals surface area contributed by atoms with E-state index in [-0.39, 0.29) is 16.2 Å². The summed E-state index contributed by atoms with van der Waals surface area (Å²) in [7, 11) is 1.46. The van der Waals surface area contributed by atoms with Crippen LogP contribution in [-0.4, -0.2) is 23.6 Å². The molecular weight excluding hydrogens is 318 g/mol. The molecule has 1 aromatic rings. The molecule has 20 heavy (non-hydrogen) atoms. The predicted molar refractivity (Wildman–Crippen MR) is 83.0 cm³/mol. The first-order valence-corrected chi connectivity index (χ1v) is 7.78. The quantitative estimate of drug-likeness (QED) is 0.578. The molecule has 2 atom stereocenters. The summed E-state index contributed by atoms with van der Waals surface area (Å²) in [4.78, 5) is 17.8. The van der Waals surface area contributed by atoms with Gasteiger partial charge in [0.25, 0.3) is 0 Å². The number of alkyl halides is 1. The smallest absolute Gasteiger partial charge is 0.322 e. The maximum Gasteiger partial charge on any atom is 0.322 e. The number of para-hydroxylation sites is 1. The van der Waals surface area contributed by atoms with Gasteiger partial charge in [0.2, 0.25) is 0 Å². The maximum atomic E-state index is 12.8. The lowest BCUT2D eigenvalue weighted by Crippen LogP contribution is -2.59. The molecule has 3 rings (SSSR count). The number of halogens is 1. The van der Waals surface area contributed by atoms with E-state index in [2.05, 4.69) is 29.8 Å². The summed E-state index contributed by atoms with van der Waals surface area (Å²) in [5, 5.41) is 0. The second kappa shape index (κ2) is 4.42. The van der Waals surface area contributed by atoms with Gasteiger partial charge in [-0.1, -0.05) is 48.0 Å². The third-order valence-corrected chi connectivity index (χ3v) is 6.47. The molecule has 2 unspecified atom stereocenters. The molecule has 1 saturated carbocycles. The van der Waals surface area contributed by atoms with Gasteiger partial charge in [-0.2, -0.15) is 0 Å². The molecule has 3 nitrogen and oxygen atoms in total. The van der Waals surface area contributed by atoms with Crippen molar-refractivity contribution in [1.29, 1.82) is 0 Å². The molecular formula is C16H18BrNO2. The second-order valence-electron chi connectivity index (χ2n) is 6.05. The number of carbonyl (C=O) groups excluding carboxylic acids is 1. The van der Waals surface area contributed by atoms with Gasteiger partial charge in [0.05, 0.1) is 12.8 Å². The number of benzene rings is 1. The van der Waals surface area contributed by atoms with Gasteiger partial charge in [-0.05, 0) is 18.9 Å². The van der Waals surface area contributed by atoms with Crippen LogP contribution < -0.4 is 0 Å². The Morgan fingerprint density at radius 1 is 1.40 bits per heavy atom. The Balaban J connectivity index is 2.33. The molecule has 0 amide bonds. The molecule has 1 aliphatic heterocycles. The molecule has 0 N–H and O–H groups in total. The molecule has 1 aliphatic carbocycles. The Labute approximate surface area is 127 Å². The third-order valence-electron chi connectivity index (χ3n) is 4.87. The summed E-state index contributed by atoms with van der Waals surface area (Å²) in [5.41, 5.74) is 1.79. The summed E-state index contributed by atoms with van der Waals surface area (Å²) >= 11 is 3.77. The Bertz CT molecular complexity index is 608. The second-order valence-corrected chi connectivity index (χ2v) is 7.15. The number of ether oxygens (including phenoxy) is 1. The third kappa shape index (κ3) is 1.46. The normalized spacial score (nSPS) is 30.2. The van der Waals surface area contributed by atoms with Crippen molar-refractivity contribution < 1.29 is 9.53 Å². The highest BCUT2D eigenvalue weighted by Gasteiger charge is 2.64. The number of esters is 1. The summed E-state index contributed by atoms with van der Waals surface area (Å²) in [6, 6.07) is 7.92. The zero-order chi connectivity index (χ0) is 14.5. The van der Waals surface area contributed by atoms with Crippen molar-refractivity contribution in [2.24, 2.45) is 10.4 Å². The van der Waals surface area contributed by atoms with Gasteiger partial charge in [0.1, 0.15) is 5.41 Å². The minimum absolute atomic E-state index is 0.199. The zero-order valence-electron chi connectivity index (χ0n) is 11.9. The van der Waals surface area contributed by atoms with E-state index < -0.39 is 5.41 Å². The Morgan fingerprint density at radius 2 is 2.10 bits per heavy atom. The van der Waals surface area contributed by atoms with E-state index in [1.807, 2.05) is 24.3 Å². The van der Waals surface area contributed by atoms with Crippen molar-refractivity contribution in [1.82, 2.24) is 0 Å². The molecule has 0 saturated heterocycles. The van der Waals surface area contributed by atoms with E-state index in [4.69, 9.17) is 9.73 Å². The van der Waals surface area contributed by atoms with Gasteiger partial charge in [0, 0.05) is 21.5 Å². The van der Waals surface area contributed by atoms with Crippen LogP contribution in [-0.2, 0) is 14.9 Å². The fourth-order valence-electron chi connectivity index (χ4n) is 3.74. The lowest BCUT2D eigenvalue weighted by molar-refractivity contribution is -0.149. The minimum atomic E-state index is -0.759. The van der Waals surface area contributed by atoms with E-state index in [9.17, 15) is 4.79 Å². The fourth-order valence-corrected chi connectivity index (χ4v) is 4.31. The lowest BCUT2D eigenvalue weighted by Gasteiger charge is -2.49. The van der Waals surface area contributed by atoms with Crippen molar-refractivity contribution in [2.75, 3.05) is 7.11 Å². The first kappa shape index (κ1) is 13.8. The first-order chi connectivity index (χ1) is 9.46. The number of hydrogen-bond donors (Lipinski definition) is 0. The summed E-state index contributed by atoms with van der Waals surface area (Å²) in [6.07, 6.45) is 1.81. The summed E-state index contributed by atoms with van der Waals surface area (Å²) in [5.74, 6) is -0.199. The molecule has 106 valence electrons. The molecule has 0 spiro atoms. The largest absolute Gasteiger partial charge is 0.468 e. The average molecular weight is 336 g/mol. The highest BCUT2D eigenvalue weighted by molar-refractivity contribution is 9.09. The number of carbonyl (C=O) groups is 1. The predicted octanol–water partition coefficient (Wildman–Crippen LogP) is 3.77. The first-order valence-electron chi connectivity index (χ1n) is 6.86. The molecule has 0 aromatic heterocycles. The molecule has 2 aliphatic rings. The molecule has 1 fully saturated rings. The fraction of sp³-hybridized carbons (Fsp3) is 0.500. The molecule has 0 bridgehead atoms. The Kier molecular flexibility index (Phi) is 3.05. The topological polar surface area (TPSA) is 38.7 Å². The zero-order valence-corrected chi connectivity index (χ0v) is 13.5. The van der Waals surface area contributed by atoms with Crippen LogP contribution >= 0.6 is 15.9 Å². The van der Waals surface area contributed by atoms with E-state index >= 15 is 0 Å². The van der Waals surface area contributed by atoms with Gasteiger partial charge in [0.15, 0.2) is 0 Å². The maximum absolute atomic E-state index is 12.8. The number of hydrogen-bond acceptors (Lipinski definition) is 3. The standard InChI is InChI=1S/C16H18BrNO2/c1-15(2)12(17)8-9-13-16(15,14(19)20-3)10-6-4-5-7-11(10)18-13/h4-7,12H,8-9H2,1-3H3. The molecule has 1 heterocycles. The Hall–Kier alpha value is -1.16. The van der Waals surface area contributed by atoms with E-state index in [1.165, 1.54) is 7.11 Å². The number of aliphatic imine (C=N–C) groups is 1. The SMILES string of the molecule is COC(=O)C12C(=Nc3ccccc31)CCC(Br)C2(C)C.